The Morgan fingerprint density at radius 1 is 1.03 bits per heavy atom. The molecule has 174 valence electrons. The highest BCUT2D eigenvalue weighted by molar-refractivity contribution is 7.80. The number of non-ortho nitro benzene ring substituents is 1. The summed E-state index contributed by atoms with van der Waals surface area (Å²) in [7, 11) is 0. The molecule has 2 aromatic carbocycles. The fourth-order valence-corrected chi connectivity index (χ4v) is 2.72. The summed E-state index contributed by atoms with van der Waals surface area (Å²) in [4.78, 5) is 45.8. The number of carbonyl (C=O) groups excluding carboxylic acids is 3. The lowest BCUT2D eigenvalue weighted by molar-refractivity contribution is -0.384. The molecule has 0 atom stereocenters. The number of amides is 3. The zero-order valence-corrected chi connectivity index (χ0v) is 18.9. The molecule has 13 heteroatoms. The Balaban J connectivity index is 1.65. The van der Waals surface area contributed by atoms with E-state index in [-0.39, 0.29) is 35.3 Å². The van der Waals surface area contributed by atoms with Crippen molar-refractivity contribution in [1.29, 1.82) is 0 Å². The van der Waals surface area contributed by atoms with Crippen molar-refractivity contribution in [3.8, 4) is 5.75 Å². The van der Waals surface area contributed by atoms with Crippen LogP contribution in [0.15, 0.2) is 42.5 Å². The maximum absolute atomic E-state index is 12.0. The first-order chi connectivity index (χ1) is 15.7. The monoisotopic (exact) mass is 493 g/mol. The maximum Gasteiger partial charge on any atom is 0.269 e. The molecule has 11 nitrogen and oxygen atoms in total. The predicted octanol–water partition coefficient (Wildman–Crippen LogP) is 2.38. The van der Waals surface area contributed by atoms with Crippen LogP contribution < -0.4 is 26.2 Å². The molecule has 0 spiro atoms. The Morgan fingerprint density at radius 2 is 1.70 bits per heavy atom. The Bertz CT molecular complexity index is 1060. The van der Waals surface area contributed by atoms with E-state index in [2.05, 4.69) is 21.5 Å². The van der Waals surface area contributed by atoms with Crippen LogP contribution in [-0.4, -0.2) is 34.4 Å². The van der Waals surface area contributed by atoms with Crippen molar-refractivity contribution in [2.75, 3.05) is 11.9 Å². The van der Waals surface area contributed by atoms with E-state index in [1.807, 2.05) is 0 Å². The Kier molecular flexibility index (Phi) is 9.51. The van der Waals surface area contributed by atoms with E-state index >= 15 is 0 Å². The van der Waals surface area contributed by atoms with E-state index in [0.29, 0.717) is 10.7 Å². The third-order valence-corrected chi connectivity index (χ3v) is 4.72. The van der Waals surface area contributed by atoms with Crippen molar-refractivity contribution in [1.82, 2.24) is 16.2 Å². The van der Waals surface area contributed by atoms with Crippen LogP contribution in [0.3, 0.4) is 0 Å². The number of hydrogen-bond donors (Lipinski definition) is 4. The minimum Gasteiger partial charge on any atom is -0.484 e. The first kappa shape index (κ1) is 25.5. The molecular formula is C20H20ClN5O6S. The molecule has 0 bridgehead atoms. The minimum absolute atomic E-state index is 0.0817. The van der Waals surface area contributed by atoms with Gasteiger partial charge in [-0.15, -0.1) is 0 Å². The summed E-state index contributed by atoms with van der Waals surface area (Å²) in [5, 5.41) is 15.9. The number of nitro groups is 1. The van der Waals surface area contributed by atoms with Gasteiger partial charge in [-0.3, -0.25) is 40.7 Å². The lowest BCUT2D eigenvalue weighted by Crippen LogP contribution is -2.49. The van der Waals surface area contributed by atoms with Gasteiger partial charge >= 0.3 is 0 Å². The first-order valence-electron chi connectivity index (χ1n) is 9.46. The second-order valence-electron chi connectivity index (χ2n) is 6.55. The van der Waals surface area contributed by atoms with Crippen LogP contribution in [-0.2, 0) is 14.4 Å². The highest BCUT2D eigenvalue weighted by Crippen LogP contribution is 2.23. The summed E-state index contributed by atoms with van der Waals surface area (Å²) >= 11 is 10.9. The van der Waals surface area contributed by atoms with Gasteiger partial charge in [-0.2, -0.15) is 0 Å². The summed E-state index contributed by atoms with van der Waals surface area (Å²) in [6, 6.07) is 10.3. The molecule has 0 saturated heterocycles. The molecule has 0 aliphatic heterocycles. The van der Waals surface area contributed by atoms with Gasteiger partial charge in [0.2, 0.25) is 11.8 Å². The highest BCUT2D eigenvalue weighted by atomic mass is 35.5. The van der Waals surface area contributed by atoms with Gasteiger partial charge in [0, 0.05) is 35.7 Å². The molecule has 2 aromatic rings. The molecule has 0 aromatic heterocycles. The van der Waals surface area contributed by atoms with Crippen molar-refractivity contribution in [3.63, 3.8) is 0 Å². The number of ether oxygens (including phenoxy) is 1. The van der Waals surface area contributed by atoms with Crippen LogP contribution in [0.5, 0.6) is 5.75 Å². The van der Waals surface area contributed by atoms with E-state index in [1.165, 1.54) is 24.3 Å². The third-order valence-electron chi connectivity index (χ3n) is 4.11. The first-order valence-corrected chi connectivity index (χ1v) is 10.2. The van der Waals surface area contributed by atoms with Gasteiger partial charge in [0.25, 0.3) is 11.6 Å². The Morgan fingerprint density at radius 3 is 2.36 bits per heavy atom. The lowest BCUT2D eigenvalue weighted by Gasteiger charge is -2.12. The Labute approximate surface area is 198 Å². The minimum atomic E-state index is -0.614. The van der Waals surface area contributed by atoms with Crippen molar-refractivity contribution in [2.45, 2.75) is 19.8 Å². The summed E-state index contributed by atoms with van der Waals surface area (Å²) < 4.78 is 5.20. The Hall–Kier alpha value is -3.77. The van der Waals surface area contributed by atoms with Crippen LogP contribution >= 0.6 is 23.8 Å². The molecule has 0 fully saturated rings. The van der Waals surface area contributed by atoms with E-state index in [4.69, 9.17) is 28.6 Å². The molecule has 2 rings (SSSR count). The van der Waals surface area contributed by atoms with Gasteiger partial charge in [0.15, 0.2) is 11.7 Å². The average molecular weight is 494 g/mol. The maximum atomic E-state index is 12.0. The summed E-state index contributed by atoms with van der Waals surface area (Å²) in [5.41, 5.74) is 5.78. The quantitative estimate of drug-likeness (QED) is 0.248. The van der Waals surface area contributed by atoms with Crippen molar-refractivity contribution in [2.24, 2.45) is 0 Å². The number of anilines is 1. The van der Waals surface area contributed by atoms with E-state index in [9.17, 15) is 24.5 Å². The van der Waals surface area contributed by atoms with E-state index in [0.717, 1.165) is 5.56 Å². The predicted molar refractivity (Wildman–Crippen MR) is 125 cm³/mol. The van der Waals surface area contributed by atoms with Crippen LogP contribution in [0.2, 0.25) is 5.02 Å². The summed E-state index contributed by atoms with van der Waals surface area (Å²) in [6.07, 6.45) is -0.208. The molecule has 0 unspecified atom stereocenters. The fourth-order valence-electron chi connectivity index (χ4n) is 2.38. The number of nitrogens with zero attached hydrogens (tertiary/aromatic N) is 1. The van der Waals surface area contributed by atoms with Crippen molar-refractivity contribution >= 4 is 58.0 Å². The van der Waals surface area contributed by atoms with Crippen molar-refractivity contribution in [3.05, 3.63) is 63.2 Å². The second kappa shape index (κ2) is 12.3. The molecule has 4 N–H and O–H groups in total. The molecular weight excluding hydrogens is 474 g/mol. The number of halogens is 1. The van der Waals surface area contributed by atoms with Gasteiger partial charge in [-0.05, 0) is 49.0 Å². The summed E-state index contributed by atoms with van der Waals surface area (Å²) in [5.74, 6) is -1.24. The second-order valence-corrected chi connectivity index (χ2v) is 7.37. The largest absolute Gasteiger partial charge is 0.484 e. The van der Waals surface area contributed by atoms with E-state index < -0.39 is 23.3 Å². The van der Waals surface area contributed by atoms with Crippen LogP contribution in [0, 0.1) is 17.0 Å². The zero-order chi connectivity index (χ0) is 24.4. The van der Waals surface area contributed by atoms with Gasteiger partial charge in [-0.25, -0.2) is 0 Å². The number of nitro benzene ring substituents is 1. The normalized spacial score (nSPS) is 10.0. The molecule has 3 amide bonds. The molecule has 33 heavy (non-hydrogen) atoms. The number of hydrogen-bond acceptors (Lipinski definition) is 7. The smallest absolute Gasteiger partial charge is 0.269 e. The van der Waals surface area contributed by atoms with Crippen LogP contribution in [0.4, 0.5) is 11.4 Å². The van der Waals surface area contributed by atoms with Crippen LogP contribution in [0.1, 0.15) is 18.4 Å². The SMILES string of the molecule is Cc1c(Cl)cccc1NC(=O)CCC(=O)NNC(=S)NC(=O)COc1ccc([N+](=O)[O-])cc1. The van der Waals surface area contributed by atoms with Crippen molar-refractivity contribution < 1.29 is 24.0 Å². The standard InChI is InChI=1S/C20H20ClN5O6S/c1-12-15(21)3-2-4-16(12)22-17(27)9-10-18(28)24-25-20(33)23-19(29)11-32-14-7-5-13(6-8-14)26(30)31/h2-8H,9-11H2,1H3,(H,22,27)(H,24,28)(H2,23,25,29,33). The molecule has 0 aliphatic carbocycles. The number of carbonyl (C=O) groups is 3. The number of thiocarbonyl (C=S) groups is 1. The molecule has 0 heterocycles. The number of rotatable bonds is 8. The number of hydrazine groups is 1. The molecule has 0 saturated carbocycles. The average Bonchev–Trinajstić information content (AvgIpc) is 2.78. The zero-order valence-electron chi connectivity index (χ0n) is 17.3. The lowest BCUT2D eigenvalue weighted by atomic mass is 10.2. The topological polar surface area (TPSA) is 152 Å². The van der Waals surface area contributed by atoms with E-state index in [1.54, 1.807) is 25.1 Å². The van der Waals surface area contributed by atoms with Crippen LogP contribution in [0.25, 0.3) is 0 Å². The van der Waals surface area contributed by atoms with Gasteiger partial charge < -0.3 is 10.1 Å². The van der Waals surface area contributed by atoms with Gasteiger partial charge in [0.05, 0.1) is 4.92 Å². The highest BCUT2D eigenvalue weighted by Gasteiger charge is 2.11. The molecule has 0 radical (unpaired) electrons. The number of benzene rings is 2. The molecule has 0 aliphatic rings. The van der Waals surface area contributed by atoms with Gasteiger partial charge in [0.1, 0.15) is 5.75 Å². The number of nitrogens with one attached hydrogen (secondary N) is 4. The van der Waals surface area contributed by atoms with Gasteiger partial charge in [-0.1, -0.05) is 17.7 Å². The fraction of sp³-hybridized carbons (Fsp3) is 0.200. The summed E-state index contributed by atoms with van der Waals surface area (Å²) in [6.45, 7) is 1.36. The third kappa shape index (κ3) is 8.71.